The molecule has 0 saturated heterocycles. The molecule has 7 N–H and O–H groups in total. The largest absolute Gasteiger partial charge is 0.508 e. The second-order valence-corrected chi connectivity index (χ2v) is 8.52. The number of rotatable bonds is 13. The topological polar surface area (TPSA) is 157 Å². The smallest absolute Gasteiger partial charge is 0.255 e. The molecule has 0 bridgehead atoms. The van der Waals surface area contributed by atoms with Crippen LogP contribution in [-0.4, -0.2) is 48.6 Å². The average Bonchev–Trinajstić information content (AvgIpc) is 2.87. The van der Waals surface area contributed by atoms with Crippen molar-refractivity contribution in [1.82, 2.24) is 10.6 Å². The Hall–Kier alpha value is -4.11. The standard InChI is InChI=1S/C27H32N4O5/c28-23(14-18-8-10-21(32)11-9-18)27(35)30-12-4-1-5-13-36-24-16-20-7-3-2-6-19(20)15-22(24)26(34)31-17-25(29)33/h2-3,6-11,15-16,23,32H,1,4-5,12-14,17,28H2,(H2,29,33)(H,30,35)(H,31,34). The van der Waals surface area contributed by atoms with Gasteiger partial charge in [0.1, 0.15) is 11.5 Å². The minimum atomic E-state index is -0.662. The van der Waals surface area contributed by atoms with Gasteiger partial charge < -0.3 is 31.9 Å². The molecule has 0 spiro atoms. The number of unbranched alkanes of at least 4 members (excludes halogenated alkanes) is 2. The molecule has 36 heavy (non-hydrogen) atoms. The lowest BCUT2D eigenvalue weighted by Gasteiger charge is -2.14. The second kappa shape index (κ2) is 13.1. The molecular weight excluding hydrogens is 460 g/mol. The van der Waals surface area contributed by atoms with Gasteiger partial charge in [0.05, 0.1) is 24.8 Å². The third-order valence-corrected chi connectivity index (χ3v) is 5.62. The lowest BCUT2D eigenvalue weighted by molar-refractivity contribution is -0.122. The van der Waals surface area contributed by atoms with Crippen molar-refractivity contribution in [2.45, 2.75) is 31.7 Å². The Bertz CT molecular complexity index is 1200. The zero-order valence-corrected chi connectivity index (χ0v) is 20.0. The van der Waals surface area contributed by atoms with Crippen molar-refractivity contribution in [3.05, 3.63) is 71.8 Å². The summed E-state index contributed by atoms with van der Waals surface area (Å²) < 4.78 is 5.91. The minimum Gasteiger partial charge on any atom is -0.508 e. The van der Waals surface area contributed by atoms with Crippen LogP contribution >= 0.6 is 0 Å². The van der Waals surface area contributed by atoms with E-state index in [1.807, 2.05) is 30.3 Å². The van der Waals surface area contributed by atoms with E-state index < -0.39 is 17.9 Å². The van der Waals surface area contributed by atoms with Crippen LogP contribution in [0.5, 0.6) is 11.5 Å². The summed E-state index contributed by atoms with van der Waals surface area (Å²) in [5.74, 6) is -0.670. The molecule has 1 unspecified atom stereocenters. The highest BCUT2D eigenvalue weighted by atomic mass is 16.5. The molecule has 0 fully saturated rings. The Labute approximate surface area is 209 Å². The lowest BCUT2D eigenvalue weighted by Crippen LogP contribution is -2.42. The van der Waals surface area contributed by atoms with Crippen molar-refractivity contribution < 1.29 is 24.2 Å². The predicted octanol–water partition coefficient (Wildman–Crippen LogP) is 2.00. The second-order valence-electron chi connectivity index (χ2n) is 8.52. The SMILES string of the molecule is NC(=O)CNC(=O)c1cc2ccccc2cc1OCCCCCNC(=O)C(N)Cc1ccc(O)cc1. The number of carbonyl (C=O) groups is 3. The van der Waals surface area contributed by atoms with Gasteiger partial charge in [0.2, 0.25) is 11.8 Å². The molecule has 3 amide bonds. The summed E-state index contributed by atoms with van der Waals surface area (Å²) in [7, 11) is 0. The molecule has 0 aliphatic heterocycles. The van der Waals surface area contributed by atoms with E-state index in [0.29, 0.717) is 30.9 Å². The van der Waals surface area contributed by atoms with E-state index in [1.165, 1.54) is 0 Å². The van der Waals surface area contributed by atoms with Crippen LogP contribution in [0.15, 0.2) is 60.7 Å². The van der Waals surface area contributed by atoms with Crippen molar-refractivity contribution in [2.75, 3.05) is 19.7 Å². The van der Waals surface area contributed by atoms with Crippen molar-refractivity contribution in [2.24, 2.45) is 11.5 Å². The highest BCUT2D eigenvalue weighted by Crippen LogP contribution is 2.26. The summed E-state index contributed by atoms with van der Waals surface area (Å²) in [6.07, 6.45) is 2.68. The minimum absolute atomic E-state index is 0.170. The van der Waals surface area contributed by atoms with Gasteiger partial charge in [0, 0.05) is 6.54 Å². The molecule has 0 aromatic heterocycles. The number of aromatic hydroxyl groups is 1. The van der Waals surface area contributed by atoms with E-state index >= 15 is 0 Å². The van der Waals surface area contributed by atoms with Crippen LogP contribution in [0.4, 0.5) is 0 Å². The molecule has 1 atom stereocenters. The van der Waals surface area contributed by atoms with Gasteiger partial charge in [-0.15, -0.1) is 0 Å². The summed E-state index contributed by atoms with van der Waals surface area (Å²) in [5.41, 5.74) is 12.3. The fraction of sp³-hybridized carbons (Fsp3) is 0.296. The van der Waals surface area contributed by atoms with E-state index in [-0.39, 0.29) is 18.2 Å². The van der Waals surface area contributed by atoms with Gasteiger partial charge in [-0.2, -0.15) is 0 Å². The summed E-state index contributed by atoms with van der Waals surface area (Å²) in [4.78, 5) is 35.8. The number of fused-ring (bicyclic) bond motifs is 1. The van der Waals surface area contributed by atoms with Crippen LogP contribution in [0.2, 0.25) is 0 Å². The lowest BCUT2D eigenvalue weighted by atomic mass is 10.1. The van der Waals surface area contributed by atoms with Gasteiger partial charge in [-0.1, -0.05) is 36.4 Å². The van der Waals surface area contributed by atoms with Crippen LogP contribution in [0.1, 0.15) is 35.2 Å². The van der Waals surface area contributed by atoms with E-state index in [4.69, 9.17) is 16.2 Å². The highest BCUT2D eigenvalue weighted by Gasteiger charge is 2.15. The van der Waals surface area contributed by atoms with Crippen LogP contribution in [-0.2, 0) is 16.0 Å². The highest BCUT2D eigenvalue weighted by molar-refractivity contribution is 6.02. The molecule has 190 valence electrons. The van der Waals surface area contributed by atoms with Crippen molar-refractivity contribution >= 4 is 28.5 Å². The monoisotopic (exact) mass is 492 g/mol. The number of phenolic OH excluding ortho intramolecular Hbond substituents is 1. The maximum absolute atomic E-state index is 12.6. The van der Waals surface area contributed by atoms with Crippen LogP contribution in [0.25, 0.3) is 10.8 Å². The fourth-order valence-corrected chi connectivity index (χ4v) is 3.69. The maximum Gasteiger partial charge on any atom is 0.255 e. The molecule has 3 rings (SSSR count). The van der Waals surface area contributed by atoms with Crippen molar-refractivity contribution in [3.63, 3.8) is 0 Å². The van der Waals surface area contributed by atoms with E-state index in [1.54, 1.807) is 30.3 Å². The Balaban J connectivity index is 1.43. The predicted molar refractivity (Wildman–Crippen MR) is 138 cm³/mol. The van der Waals surface area contributed by atoms with Gasteiger partial charge >= 0.3 is 0 Å². The first-order valence-electron chi connectivity index (χ1n) is 11.9. The zero-order chi connectivity index (χ0) is 25.9. The number of phenols is 1. The molecule has 9 heteroatoms. The Morgan fingerprint density at radius 2 is 1.61 bits per heavy atom. The molecule has 3 aromatic rings. The summed E-state index contributed by atoms with van der Waals surface area (Å²) >= 11 is 0. The van der Waals surface area contributed by atoms with Crippen LogP contribution in [0, 0.1) is 0 Å². The summed E-state index contributed by atoms with van der Waals surface area (Å²) in [6, 6.07) is 17.1. The number of ether oxygens (including phenoxy) is 1. The number of carbonyl (C=O) groups excluding carboxylic acids is 3. The summed E-state index contributed by atoms with van der Waals surface area (Å²) in [6.45, 7) is 0.636. The van der Waals surface area contributed by atoms with E-state index in [9.17, 15) is 19.5 Å². The molecule has 3 aromatic carbocycles. The molecule has 0 aliphatic rings. The number of nitrogens with two attached hydrogens (primary N) is 2. The fourth-order valence-electron chi connectivity index (χ4n) is 3.69. The number of hydrogen-bond donors (Lipinski definition) is 5. The molecule has 0 aliphatic carbocycles. The normalized spacial score (nSPS) is 11.6. The van der Waals surface area contributed by atoms with Gasteiger partial charge in [0.25, 0.3) is 5.91 Å². The molecule has 0 saturated carbocycles. The molecular formula is C27H32N4O5. The Kier molecular flexibility index (Phi) is 9.64. The maximum atomic E-state index is 12.6. The van der Waals surface area contributed by atoms with Crippen molar-refractivity contribution in [3.8, 4) is 11.5 Å². The average molecular weight is 493 g/mol. The van der Waals surface area contributed by atoms with Gasteiger partial charge in [-0.3, -0.25) is 14.4 Å². The number of primary amides is 1. The first kappa shape index (κ1) is 26.5. The summed E-state index contributed by atoms with van der Waals surface area (Å²) in [5, 5.41) is 16.5. The zero-order valence-electron chi connectivity index (χ0n) is 20.0. The van der Waals surface area contributed by atoms with E-state index in [2.05, 4.69) is 10.6 Å². The number of hydrogen-bond acceptors (Lipinski definition) is 6. The van der Waals surface area contributed by atoms with Crippen molar-refractivity contribution in [1.29, 1.82) is 0 Å². The third kappa shape index (κ3) is 7.99. The molecule has 0 radical (unpaired) electrons. The molecule has 9 nitrogen and oxygen atoms in total. The first-order chi connectivity index (χ1) is 17.3. The Morgan fingerprint density at radius 3 is 2.31 bits per heavy atom. The molecule has 0 heterocycles. The number of amides is 3. The number of nitrogens with one attached hydrogen (secondary N) is 2. The van der Waals surface area contributed by atoms with Crippen LogP contribution < -0.4 is 26.8 Å². The third-order valence-electron chi connectivity index (χ3n) is 5.62. The quantitative estimate of drug-likeness (QED) is 0.230. The Morgan fingerprint density at radius 1 is 0.917 bits per heavy atom. The van der Waals surface area contributed by atoms with E-state index in [0.717, 1.165) is 35.6 Å². The van der Waals surface area contributed by atoms with Gasteiger partial charge in [-0.05, 0) is 66.3 Å². The van der Waals surface area contributed by atoms with Gasteiger partial charge in [0.15, 0.2) is 0 Å². The van der Waals surface area contributed by atoms with Crippen LogP contribution in [0.3, 0.4) is 0 Å². The first-order valence-corrected chi connectivity index (χ1v) is 11.9. The van der Waals surface area contributed by atoms with Gasteiger partial charge in [-0.25, -0.2) is 0 Å². The number of benzene rings is 3.